The Kier molecular flexibility index (Phi) is 3.33. The van der Waals surface area contributed by atoms with Crippen molar-refractivity contribution in [1.29, 1.82) is 0 Å². The number of hydrogen-bond acceptors (Lipinski definition) is 3. The van der Waals surface area contributed by atoms with Gasteiger partial charge in [-0.05, 0) is 42.7 Å². The molecule has 0 saturated carbocycles. The fourth-order valence-electron chi connectivity index (χ4n) is 2.61. The summed E-state index contributed by atoms with van der Waals surface area (Å²) in [5.41, 5.74) is 2.75. The topological polar surface area (TPSA) is 53.4 Å². The third-order valence-corrected chi connectivity index (χ3v) is 3.69. The van der Waals surface area contributed by atoms with E-state index in [0.29, 0.717) is 18.8 Å². The number of benzene rings is 1. The molecule has 0 unspecified atom stereocenters. The first-order valence-electron chi connectivity index (χ1n) is 6.88. The van der Waals surface area contributed by atoms with Crippen molar-refractivity contribution in [2.75, 3.05) is 11.4 Å². The van der Waals surface area contributed by atoms with Gasteiger partial charge in [0.2, 0.25) is 0 Å². The summed E-state index contributed by atoms with van der Waals surface area (Å²) < 4.78 is 13.5. The summed E-state index contributed by atoms with van der Waals surface area (Å²) in [5.74, 6) is -0.714. The van der Waals surface area contributed by atoms with Gasteiger partial charge in [-0.2, -0.15) is 0 Å². The summed E-state index contributed by atoms with van der Waals surface area (Å²) in [6, 6.07) is 7.81. The molecule has 0 aliphatic carbocycles. The van der Waals surface area contributed by atoms with Gasteiger partial charge in [0.25, 0.3) is 0 Å². The third-order valence-electron chi connectivity index (χ3n) is 3.69. The predicted octanol–water partition coefficient (Wildman–Crippen LogP) is 3.18. The highest BCUT2D eigenvalue weighted by Gasteiger charge is 2.23. The van der Waals surface area contributed by atoms with Crippen molar-refractivity contribution in [2.24, 2.45) is 0 Å². The second-order valence-electron chi connectivity index (χ2n) is 5.04. The molecule has 0 bridgehead atoms. The zero-order valence-electron chi connectivity index (χ0n) is 11.6. The van der Waals surface area contributed by atoms with Gasteiger partial charge in [-0.15, -0.1) is 0 Å². The lowest BCUT2D eigenvalue weighted by atomic mass is 10.1. The Hall–Kier alpha value is -2.43. The SMILES string of the molecule is CCc1cc(C(=O)O)cc(N2CCc3ccc(F)cc32)n1. The molecule has 2 aromatic rings. The van der Waals surface area contributed by atoms with Crippen LogP contribution in [0.25, 0.3) is 0 Å². The number of rotatable bonds is 3. The first-order chi connectivity index (χ1) is 10.1. The summed E-state index contributed by atoms with van der Waals surface area (Å²) in [6.45, 7) is 2.60. The zero-order chi connectivity index (χ0) is 15.0. The van der Waals surface area contributed by atoms with Crippen LogP contribution in [-0.4, -0.2) is 22.6 Å². The standard InChI is InChI=1S/C16H15FN2O2/c1-2-13-7-11(16(20)21)8-15(18-13)19-6-5-10-3-4-12(17)9-14(10)19/h3-4,7-9H,2,5-6H2,1H3,(H,20,21). The van der Waals surface area contributed by atoms with Crippen LogP contribution in [0.4, 0.5) is 15.9 Å². The van der Waals surface area contributed by atoms with Gasteiger partial charge in [0.1, 0.15) is 11.6 Å². The monoisotopic (exact) mass is 286 g/mol. The molecule has 0 radical (unpaired) electrons. The highest BCUT2D eigenvalue weighted by atomic mass is 19.1. The Bertz CT molecular complexity index is 715. The molecule has 4 nitrogen and oxygen atoms in total. The van der Waals surface area contributed by atoms with Crippen molar-refractivity contribution < 1.29 is 14.3 Å². The molecule has 3 rings (SSSR count). The number of aromatic nitrogens is 1. The van der Waals surface area contributed by atoms with Gasteiger partial charge in [0.05, 0.1) is 5.56 Å². The number of carboxylic acids is 1. The molecule has 1 N–H and O–H groups in total. The molecule has 0 amide bonds. The highest BCUT2D eigenvalue weighted by Crippen LogP contribution is 2.34. The molecule has 0 atom stereocenters. The lowest BCUT2D eigenvalue weighted by Crippen LogP contribution is -2.16. The van der Waals surface area contributed by atoms with Gasteiger partial charge in [-0.1, -0.05) is 13.0 Å². The molecule has 5 heteroatoms. The van der Waals surface area contributed by atoms with Crippen molar-refractivity contribution in [3.63, 3.8) is 0 Å². The smallest absolute Gasteiger partial charge is 0.335 e. The first kappa shape index (κ1) is 13.5. The largest absolute Gasteiger partial charge is 0.478 e. The molecule has 1 aromatic heterocycles. The Morgan fingerprint density at radius 1 is 1.38 bits per heavy atom. The summed E-state index contributed by atoms with van der Waals surface area (Å²) in [7, 11) is 0. The van der Waals surface area contributed by atoms with E-state index in [4.69, 9.17) is 0 Å². The van der Waals surface area contributed by atoms with E-state index in [2.05, 4.69) is 4.98 Å². The lowest BCUT2D eigenvalue weighted by Gasteiger charge is -2.19. The van der Waals surface area contributed by atoms with Crippen molar-refractivity contribution in [3.05, 3.63) is 53.0 Å². The number of carbonyl (C=O) groups is 1. The fraction of sp³-hybridized carbons (Fsp3) is 0.250. The van der Waals surface area contributed by atoms with E-state index in [1.54, 1.807) is 18.2 Å². The molecule has 0 fully saturated rings. The van der Waals surface area contributed by atoms with Gasteiger partial charge in [0, 0.05) is 17.9 Å². The van der Waals surface area contributed by atoms with Crippen LogP contribution in [0.3, 0.4) is 0 Å². The quantitative estimate of drug-likeness (QED) is 0.941. The van der Waals surface area contributed by atoms with Crippen LogP contribution in [0.5, 0.6) is 0 Å². The maximum atomic E-state index is 13.5. The number of aryl methyl sites for hydroxylation is 1. The van der Waals surface area contributed by atoms with Crippen LogP contribution in [-0.2, 0) is 12.8 Å². The Labute approximate surface area is 121 Å². The van der Waals surface area contributed by atoms with Crippen LogP contribution in [0, 0.1) is 5.82 Å². The van der Waals surface area contributed by atoms with Gasteiger partial charge < -0.3 is 10.0 Å². The first-order valence-corrected chi connectivity index (χ1v) is 6.88. The number of halogens is 1. The molecule has 0 spiro atoms. The van der Waals surface area contributed by atoms with Crippen LogP contribution >= 0.6 is 0 Å². The Morgan fingerprint density at radius 3 is 2.90 bits per heavy atom. The van der Waals surface area contributed by atoms with Crippen molar-refractivity contribution in [1.82, 2.24) is 4.98 Å². The average Bonchev–Trinajstić information content (AvgIpc) is 2.89. The van der Waals surface area contributed by atoms with Crippen molar-refractivity contribution in [2.45, 2.75) is 19.8 Å². The minimum Gasteiger partial charge on any atom is -0.478 e. The summed E-state index contributed by atoms with van der Waals surface area (Å²) in [6.07, 6.45) is 1.45. The predicted molar refractivity (Wildman–Crippen MR) is 77.7 cm³/mol. The van der Waals surface area contributed by atoms with Gasteiger partial charge in [0.15, 0.2) is 0 Å². The molecule has 21 heavy (non-hydrogen) atoms. The molecule has 1 aromatic carbocycles. The molecule has 2 heterocycles. The molecule has 1 aliphatic heterocycles. The molecule has 0 saturated heterocycles. The Balaban J connectivity index is 2.08. The molecule has 1 aliphatic rings. The van der Waals surface area contributed by atoms with E-state index < -0.39 is 5.97 Å². The number of nitrogens with zero attached hydrogens (tertiary/aromatic N) is 2. The highest BCUT2D eigenvalue weighted by molar-refractivity contribution is 5.89. The van der Waals surface area contributed by atoms with E-state index in [1.165, 1.54) is 12.1 Å². The van der Waals surface area contributed by atoms with Gasteiger partial charge in [-0.3, -0.25) is 0 Å². The number of carboxylic acid groups (broad SMARTS) is 1. The van der Waals surface area contributed by atoms with Gasteiger partial charge in [-0.25, -0.2) is 14.2 Å². The van der Waals surface area contributed by atoms with Crippen LogP contribution < -0.4 is 4.90 Å². The summed E-state index contributed by atoms with van der Waals surface area (Å²) in [5, 5.41) is 9.21. The van der Waals surface area contributed by atoms with E-state index in [0.717, 1.165) is 23.4 Å². The Morgan fingerprint density at radius 2 is 2.19 bits per heavy atom. The second kappa shape index (κ2) is 5.16. The minimum absolute atomic E-state index is 0.210. The summed E-state index contributed by atoms with van der Waals surface area (Å²) >= 11 is 0. The van der Waals surface area contributed by atoms with Crippen LogP contribution in [0.1, 0.15) is 28.5 Å². The lowest BCUT2D eigenvalue weighted by molar-refractivity contribution is 0.0696. The number of hydrogen-bond donors (Lipinski definition) is 1. The zero-order valence-corrected chi connectivity index (χ0v) is 11.6. The molecular weight excluding hydrogens is 271 g/mol. The van der Waals surface area contributed by atoms with E-state index in [9.17, 15) is 14.3 Å². The maximum Gasteiger partial charge on any atom is 0.335 e. The molecule has 108 valence electrons. The van der Waals surface area contributed by atoms with Crippen molar-refractivity contribution >= 4 is 17.5 Å². The van der Waals surface area contributed by atoms with Crippen LogP contribution in [0.15, 0.2) is 30.3 Å². The van der Waals surface area contributed by atoms with Gasteiger partial charge >= 0.3 is 5.97 Å². The summed E-state index contributed by atoms with van der Waals surface area (Å²) in [4.78, 5) is 17.6. The van der Waals surface area contributed by atoms with E-state index in [-0.39, 0.29) is 11.4 Å². The third kappa shape index (κ3) is 2.46. The number of pyridine rings is 1. The number of anilines is 2. The minimum atomic E-state index is -0.980. The number of aromatic carboxylic acids is 1. The van der Waals surface area contributed by atoms with E-state index in [1.807, 2.05) is 11.8 Å². The number of fused-ring (bicyclic) bond motifs is 1. The van der Waals surface area contributed by atoms with E-state index >= 15 is 0 Å². The normalized spacial score (nSPS) is 13.3. The second-order valence-corrected chi connectivity index (χ2v) is 5.04. The van der Waals surface area contributed by atoms with Crippen molar-refractivity contribution in [3.8, 4) is 0 Å². The fourth-order valence-corrected chi connectivity index (χ4v) is 2.61. The molecular formula is C16H15FN2O2. The average molecular weight is 286 g/mol. The maximum absolute atomic E-state index is 13.5. The van der Waals surface area contributed by atoms with Crippen LogP contribution in [0.2, 0.25) is 0 Å².